The van der Waals surface area contributed by atoms with Crippen LogP contribution in [0.1, 0.15) is 11.1 Å². The molecular weight excluding hydrogens is 333 g/mol. The Balaban J connectivity index is 1.86. The Kier molecular flexibility index (Phi) is 4.31. The van der Waals surface area contributed by atoms with Gasteiger partial charge in [-0.25, -0.2) is 4.79 Å². The summed E-state index contributed by atoms with van der Waals surface area (Å²) in [6.07, 6.45) is -3.86. The lowest BCUT2D eigenvalue weighted by Gasteiger charge is -2.12. The van der Waals surface area contributed by atoms with Crippen LogP contribution in [0.5, 0.6) is 5.75 Å². The van der Waals surface area contributed by atoms with Crippen molar-refractivity contribution in [1.29, 1.82) is 0 Å². The van der Waals surface area contributed by atoms with Crippen LogP contribution in [0.4, 0.5) is 23.7 Å². The molecule has 0 saturated heterocycles. The molecule has 1 amide bonds. The maximum Gasteiger partial charge on any atom is 0.417 e. The molecule has 0 atom stereocenters. The van der Waals surface area contributed by atoms with Crippen LogP contribution in [-0.2, 0) is 6.18 Å². The predicted octanol–water partition coefficient (Wildman–Crippen LogP) is 5.17. The second kappa shape index (κ2) is 6.43. The first-order valence-electron chi connectivity index (χ1n) is 7.35. The summed E-state index contributed by atoms with van der Waals surface area (Å²) in [6, 6.07) is 11.6. The van der Waals surface area contributed by atoms with E-state index in [2.05, 4.69) is 10.3 Å². The molecule has 0 fully saturated rings. The van der Waals surface area contributed by atoms with Crippen LogP contribution >= 0.6 is 0 Å². The molecule has 0 saturated carbocycles. The van der Waals surface area contributed by atoms with Crippen LogP contribution in [-0.4, -0.2) is 11.1 Å². The van der Waals surface area contributed by atoms with Gasteiger partial charge in [0.15, 0.2) is 0 Å². The van der Waals surface area contributed by atoms with E-state index in [4.69, 9.17) is 4.74 Å². The van der Waals surface area contributed by atoms with E-state index in [-0.39, 0.29) is 5.52 Å². The molecule has 0 unspecified atom stereocenters. The number of nitrogens with one attached hydrogen (secondary N) is 1. The number of carbonyl (C=O) groups excluding carboxylic acids is 1. The summed E-state index contributed by atoms with van der Waals surface area (Å²) in [6.45, 7) is 1.79. The highest BCUT2D eigenvalue weighted by Crippen LogP contribution is 2.32. The third-order valence-electron chi connectivity index (χ3n) is 3.60. The number of hydrogen-bond donors (Lipinski definition) is 1. The van der Waals surface area contributed by atoms with Gasteiger partial charge in [-0.15, -0.1) is 0 Å². The fourth-order valence-electron chi connectivity index (χ4n) is 2.34. The maximum atomic E-state index is 12.8. The Hall–Kier alpha value is -3.09. The van der Waals surface area contributed by atoms with Gasteiger partial charge in [0.1, 0.15) is 5.75 Å². The number of alkyl halides is 3. The number of hydrogen-bond acceptors (Lipinski definition) is 3. The van der Waals surface area contributed by atoms with Gasteiger partial charge < -0.3 is 4.74 Å². The zero-order valence-corrected chi connectivity index (χ0v) is 13.1. The quantitative estimate of drug-likeness (QED) is 0.696. The highest BCUT2D eigenvalue weighted by Gasteiger charge is 2.30. The molecule has 0 aliphatic rings. The molecular formula is C18H13F3N2O2. The van der Waals surface area contributed by atoms with Crippen LogP contribution < -0.4 is 10.1 Å². The van der Waals surface area contributed by atoms with Crippen molar-refractivity contribution in [3.8, 4) is 5.75 Å². The predicted molar refractivity (Wildman–Crippen MR) is 87.6 cm³/mol. The molecule has 0 aliphatic carbocycles. The van der Waals surface area contributed by atoms with Gasteiger partial charge in [0.2, 0.25) is 0 Å². The number of amides is 1. The number of ether oxygens (including phenoxy) is 1. The number of carbonyl (C=O) groups is 1. The molecule has 0 bridgehead atoms. The minimum Gasteiger partial charge on any atom is -0.410 e. The number of aryl methyl sites for hydroxylation is 1. The number of aromatic nitrogens is 1. The van der Waals surface area contributed by atoms with E-state index in [9.17, 15) is 18.0 Å². The summed E-state index contributed by atoms with van der Waals surface area (Å²) in [4.78, 5) is 16.0. The van der Waals surface area contributed by atoms with Crippen molar-refractivity contribution >= 4 is 22.7 Å². The molecule has 25 heavy (non-hydrogen) atoms. The highest BCUT2D eigenvalue weighted by atomic mass is 19.4. The van der Waals surface area contributed by atoms with Gasteiger partial charge in [-0.05, 0) is 36.8 Å². The molecule has 0 spiro atoms. The summed E-state index contributed by atoms with van der Waals surface area (Å²) < 4.78 is 43.6. The van der Waals surface area contributed by atoms with E-state index in [0.29, 0.717) is 16.8 Å². The maximum absolute atomic E-state index is 12.8. The van der Waals surface area contributed by atoms with Crippen molar-refractivity contribution < 1.29 is 22.7 Å². The lowest BCUT2D eigenvalue weighted by Crippen LogP contribution is -2.17. The zero-order valence-electron chi connectivity index (χ0n) is 13.1. The number of pyridine rings is 1. The van der Waals surface area contributed by atoms with Crippen LogP contribution in [0.2, 0.25) is 0 Å². The number of para-hydroxylation sites is 1. The Bertz CT molecular complexity index is 939. The fourth-order valence-corrected chi connectivity index (χ4v) is 2.34. The first-order chi connectivity index (χ1) is 11.8. The minimum atomic E-state index is -4.46. The van der Waals surface area contributed by atoms with E-state index >= 15 is 0 Å². The lowest BCUT2D eigenvalue weighted by atomic mass is 10.1. The second-order valence-electron chi connectivity index (χ2n) is 5.37. The van der Waals surface area contributed by atoms with E-state index in [0.717, 1.165) is 17.7 Å². The zero-order chi connectivity index (χ0) is 18.0. The van der Waals surface area contributed by atoms with Gasteiger partial charge in [-0.1, -0.05) is 24.3 Å². The van der Waals surface area contributed by atoms with E-state index in [1.165, 1.54) is 18.3 Å². The SMILES string of the molecule is Cc1ccccc1OC(=O)Nc1ccnc2cc(C(F)(F)F)ccc12. The van der Waals surface area contributed by atoms with Gasteiger partial charge >= 0.3 is 12.3 Å². The first kappa shape index (κ1) is 16.8. The van der Waals surface area contributed by atoms with Gasteiger partial charge in [0.25, 0.3) is 0 Å². The summed E-state index contributed by atoms with van der Waals surface area (Å²) >= 11 is 0. The normalized spacial score (nSPS) is 11.4. The molecule has 1 aromatic heterocycles. The van der Waals surface area contributed by atoms with Crippen molar-refractivity contribution in [2.24, 2.45) is 0 Å². The minimum absolute atomic E-state index is 0.128. The third kappa shape index (κ3) is 3.71. The van der Waals surface area contributed by atoms with Crippen molar-refractivity contribution in [2.75, 3.05) is 5.32 Å². The molecule has 2 aromatic carbocycles. The Morgan fingerprint density at radius 2 is 1.88 bits per heavy atom. The Morgan fingerprint density at radius 3 is 2.60 bits per heavy atom. The van der Waals surface area contributed by atoms with Crippen molar-refractivity contribution in [3.63, 3.8) is 0 Å². The summed E-state index contributed by atoms with van der Waals surface area (Å²) in [7, 11) is 0. The number of anilines is 1. The number of rotatable bonds is 2. The van der Waals surface area contributed by atoms with Crippen LogP contribution in [0.15, 0.2) is 54.7 Å². The molecule has 0 radical (unpaired) electrons. The summed E-state index contributed by atoms with van der Waals surface area (Å²) in [5, 5.41) is 2.92. The molecule has 0 aliphatic heterocycles. The second-order valence-corrected chi connectivity index (χ2v) is 5.37. The molecule has 1 N–H and O–H groups in total. The number of halogens is 3. The standard InChI is InChI=1S/C18H13F3N2O2/c1-11-4-2-3-5-16(11)25-17(24)23-14-8-9-22-15-10-12(18(19,20)21)6-7-13(14)15/h2-10H,1H3,(H,22,23,24). The topological polar surface area (TPSA) is 51.2 Å². The fraction of sp³-hybridized carbons (Fsp3) is 0.111. The summed E-state index contributed by atoms with van der Waals surface area (Å²) in [5.41, 5.74) is 0.431. The monoisotopic (exact) mass is 346 g/mol. The van der Waals surface area contributed by atoms with Gasteiger partial charge in [0, 0.05) is 11.6 Å². The number of nitrogens with zero attached hydrogens (tertiary/aromatic N) is 1. The van der Waals surface area contributed by atoms with E-state index in [1.54, 1.807) is 25.1 Å². The van der Waals surface area contributed by atoms with Gasteiger partial charge in [-0.3, -0.25) is 10.3 Å². The van der Waals surface area contributed by atoms with Crippen molar-refractivity contribution in [2.45, 2.75) is 13.1 Å². The molecule has 1 heterocycles. The molecule has 3 rings (SSSR count). The Labute approximate surface area is 141 Å². The van der Waals surface area contributed by atoms with Crippen LogP contribution in [0, 0.1) is 6.92 Å². The van der Waals surface area contributed by atoms with Crippen LogP contribution in [0.25, 0.3) is 10.9 Å². The smallest absolute Gasteiger partial charge is 0.410 e. The van der Waals surface area contributed by atoms with Crippen LogP contribution in [0.3, 0.4) is 0 Å². The average Bonchev–Trinajstić information content (AvgIpc) is 2.56. The molecule has 128 valence electrons. The molecule has 7 heteroatoms. The lowest BCUT2D eigenvalue weighted by molar-refractivity contribution is -0.137. The third-order valence-corrected chi connectivity index (χ3v) is 3.60. The number of benzene rings is 2. The van der Waals surface area contributed by atoms with Gasteiger partial charge in [0.05, 0.1) is 16.8 Å². The molecule has 3 aromatic rings. The van der Waals surface area contributed by atoms with E-state index < -0.39 is 17.8 Å². The first-order valence-corrected chi connectivity index (χ1v) is 7.35. The van der Waals surface area contributed by atoms with E-state index in [1.807, 2.05) is 6.07 Å². The largest absolute Gasteiger partial charge is 0.417 e. The van der Waals surface area contributed by atoms with Gasteiger partial charge in [-0.2, -0.15) is 13.2 Å². The molecule has 4 nitrogen and oxygen atoms in total. The average molecular weight is 346 g/mol. The number of fused-ring (bicyclic) bond motifs is 1. The summed E-state index contributed by atoms with van der Waals surface area (Å²) in [5.74, 6) is 0.401. The van der Waals surface area contributed by atoms with Crippen molar-refractivity contribution in [1.82, 2.24) is 4.98 Å². The highest BCUT2D eigenvalue weighted by molar-refractivity contribution is 5.99. The Morgan fingerprint density at radius 1 is 1.12 bits per heavy atom. The van der Waals surface area contributed by atoms with Crippen molar-refractivity contribution in [3.05, 3.63) is 65.9 Å².